The van der Waals surface area contributed by atoms with Gasteiger partial charge in [0.2, 0.25) is 5.91 Å². The molecule has 22 heavy (non-hydrogen) atoms. The molecule has 1 saturated heterocycles. The van der Waals surface area contributed by atoms with E-state index in [1.54, 1.807) is 6.07 Å². The zero-order valence-corrected chi connectivity index (χ0v) is 12.8. The van der Waals surface area contributed by atoms with E-state index in [1.807, 2.05) is 0 Å². The fourth-order valence-corrected chi connectivity index (χ4v) is 2.22. The zero-order chi connectivity index (χ0) is 15.9. The fourth-order valence-electron chi connectivity index (χ4n) is 2.22. The molecule has 0 bridgehead atoms. The lowest BCUT2D eigenvalue weighted by atomic mass is 10.3. The van der Waals surface area contributed by atoms with Gasteiger partial charge >= 0.3 is 0 Å². The molecule has 2 rings (SSSR count). The van der Waals surface area contributed by atoms with Crippen molar-refractivity contribution in [1.82, 2.24) is 10.2 Å². The summed E-state index contributed by atoms with van der Waals surface area (Å²) in [4.78, 5) is 13.2. The molecule has 1 aromatic rings. The van der Waals surface area contributed by atoms with E-state index in [-0.39, 0.29) is 17.9 Å². The molecule has 0 spiro atoms. The third kappa shape index (κ3) is 4.57. The van der Waals surface area contributed by atoms with Crippen molar-refractivity contribution in [2.45, 2.75) is 13.2 Å². The molecule has 1 N–H and O–H groups in total. The van der Waals surface area contributed by atoms with Crippen molar-refractivity contribution in [3.63, 3.8) is 0 Å². The Labute approximate surface area is 129 Å². The van der Waals surface area contributed by atoms with Crippen LogP contribution in [0.2, 0.25) is 0 Å². The average Bonchev–Trinajstić information content (AvgIpc) is 2.52. The van der Waals surface area contributed by atoms with Gasteiger partial charge in [0.1, 0.15) is 5.75 Å². The quantitative estimate of drug-likeness (QED) is 0.849. The third-order valence-electron chi connectivity index (χ3n) is 3.37. The highest BCUT2D eigenvalue weighted by molar-refractivity contribution is 5.72. The van der Waals surface area contributed by atoms with Crippen LogP contribution in [0.5, 0.6) is 11.5 Å². The summed E-state index contributed by atoms with van der Waals surface area (Å²) in [7, 11) is 1.41. The van der Waals surface area contributed by atoms with Gasteiger partial charge in [-0.05, 0) is 12.1 Å². The number of morpholine rings is 1. The van der Waals surface area contributed by atoms with Crippen LogP contribution >= 0.6 is 0 Å². The number of nitrogens with one attached hydrogen (secondary N) is 1. The molecule has 7 heteroatoms. The van der Waals surface area contributed by atoms with Crippen molar-refractivity contribution in [3.05, 3.63) is 24.0 Å². The molecule has 1 unspecified atom stereocenters. The summed E-state index contributed by atoms with van der Waals surface area (Å²) in [6.45, 7) is 4.38. The fraction of sp³-hybridized carbons (Fsp3) is 0.533. The highest BCUT2D eigenvalue weighted by atomic mass is 19.1. The average molecular weight is 312 g/mol. The van der Waals surface area contributed by atoms with Gasteiger partial charge in [-0.15, -0.1) is 0 Å². The van der Waals surface area contributed by atoms with Crippen LogP contribution in [0.1, 0.15) is 6.92 Å². The normalized spacial score (nSPS) is 16.9. The van der Waals surface area contributed by atoms with E-state index < -0.39 is 5.82 Å². The number of amides is 1. The SMILES string of the molecule is COc1ccc(OC(CNC(C)=O)N2CCOCC2)cc1F. The highest BCUT2D eigenvalue weighted by Gasteiger charge is 2.23. The van der Waals surface area contributed by atoms with Crippen molar-refractivity contribution in [1.29, 1.82) is 0 Å². The number of nitrogens with zero attached hydrogens (tertiary/aromatic N) is 1. The van der Waals surface area contributed by atoms with Crippen molar-refractivity contribution < 1.29 is 23.4 Å². The number of methoxy groups -OCH3 is 1. The molecule has 6 nitrogen and oxygen atoms in total. The highest BCUT2D eigenvalue weighted by Crippen LogP contribution is 2.23. The molecular formula is C15H21FN2O4. The second-order valence-corrected chi connectivity index (χ2v) is 4.95. The molecule has 0 radical (unpaired) electrons. The molecule has 0 saturated carbocycles. The maximum absolute atomic E-state index is 13.7. The molecule has 0 aliphatic carbocycles. The number of carbonyl (C=O) groups is 1. The molecule has 122 valence electrons. The molecule has 1 fully saturated rings. The lowest BCUT2D eigenvalue weighted by Crippen LogP contribution is -2.51. The minimum atomic E-state index is -0.486. The van der Waals surface area contributed by atoms with Crippen LogP contribution in [0.15, 0.2) is 18.2 Å². The first-order valence-corrected chi connectivity index (χ1v) is 7.16. The van der Waals surface area contributed by atoms with Crippen LogP contribution in [0.3, 0.4) is 0 Å². The minimum absolute atomic E-state index is 0.136. The summed E-state index contributed by atoms with van der Waals surface area (Å²) in [6, 6.07) is 4.43. The predicted octanol–water partition coefficient (Wildman–Crippen LogP) is 1.01. The summed E-state index contributed by atoms with van der Waals surface area (Å²) in [5, 5.41) is 2.74. The van der Waals surface area contributed by atoms with E-state index in [2.05, 4.69) is 10.2 Å². The molecule has 0 aromatic heterocycles. The molecule has 1 heterocycles. The second kappa shape index (κ2) is 7.95. The Morgan fingerprint density at radius 1 is 1.45 bits per heavy atom. The number of halogens is 1. The van der Waals surface area contributed by atoms with E-state index in [0.717, 1.165) is 0 Å². The van der Waals surface area contributed by atoms with Gasteiger partial charge in [0, 0.05) is 26.1 Å². The Morgan fingerprint density at radius 3 is 2.77 bits per heavy atom. The van der Waals surface area contributed by atoms with Gasteiger partial charge in [0.05, 0.1) is 26.9 Å². The Hall–Kier alpha value is -1.86. The number of carbonyl (C=O) groups excluding carboxylic acids is 1. The predicted molar refractivity (Wildman–Crippen MR) is 78.4 cm³/mol. The summed E-state index contributed by atoms with van der Waals surface area (Å²) in [6.07, 6.45) is -0.374. The van der Waals surface area contributed by atoms with E-state index in [1.165, 1.54) is 26.2 Å². The lowest BCUT2D eigenvalue weighted by molar-refractivity contribution is -0.120. The lowest BCUT2D eigenvalue weighted by Gasteiger charge is -2.34. The summed E-state index contributed by atoms with van der Waals surface area (Å²) < 4.78 is 29.8. The van der Waals surface area contributed by atoms with Crippen LogP contribution in [0.25, 0.3) is 0 Å². The summed E-state index contributed by atoms with van der Waals surface area (Å²) >= 11 is 0. The van der Waals surface area contributed by atoms with Gasteiger partial charge in [-0.3, -0.25) is 9.69 Å². The number of hydrogen-bond acceptors (Lipinski definition) is 5. The number of benzene rings is 1. The van der Waals surface area contributed by atoms with Crippen LogP contribution < -0.4 is 14.8 Å². The van der Waals surface area contributed by atoms with Gasteiger partial charge in [-0.2, -0.15) is 0 Å². The van der Waals surface area contributed by atoms with Crippen molar-refractivity contribution in [2.75, 3.05) is 40.0 Å². The van der Waals surface area contributed by atoms with Crippen molar-refractivity contribution in [3.8, 4) is 11.5 Å². The van der Waals surface area contributed by atoms with Gasteiger partial charge in [0.15, 0.2) is 17.8 Å². The van der Waals surface area contributed by atoms with E-state index >= 15 is 0 Å². The largest absolute Gasteiger partial charge is 0.494 e. The van der Waals surface area contributed by atoms with Crippen LogP contribution in [-0.4, -0.2) is 57.0 Å². The number of hydrogen-bond donors (Lipinski definition) is 1. The Bertz CT molecular complexity index is 506. The first kappa shape index (κ1) is 16.5. The number of rotatable bonds is 6. The van der Waals surface area contributed by atoms with E-state index in [0.29, 0.717) is 38.6 Å². The standard InChI is InChI=1S/C15H21FN2O4/c1-11(19)17-10-15(18-5-7-21-8-6-18)22-12-3-4-14(20-2)13(16)9-12/h3-4,9,15H,5-8,10H2,1-2H3,(H,17,19). The maximum atomic E-state index is 13.7. The van der Waals surface area contributed by atoms with Gasteiger partial charge in [0.25, 0.3) is 0 Å². The van der Waals surface area contributed by atoms with Crippen molar-refractivity contribution >= 4 is 5.91 Å². The minimum Gasteiger partial charge on any atom is -0.494 e. The molecule has 1 aliphatic heterocycles. The zero-order valence-electron chi connectivity index (χ0n) is 12.8. The Kier molecular flexibility index (Phi) is 5.97. The molecule has 1 amide bonds. The monoisotopic (exact) mass is 312 g/mol. The molecule has 1 atom stereocenters. The van der Waals surface area contributed by atoms with Crippen LogP contribution in [0.4, 0.5) is 4.39 Å². The molecule has 1 aromatic carbocycles. The van der Waals surface area contributed by atoms with Gasteiger partial charge in [-0.25, -0.2) is 4.39 Å². The molecular weight excluding hydrogens is 291 g/mol. The maximum Gasteiger partial charge on any atom is 0.217 e. The van der Waals surface area contributed by atoms with Gasteiger partial charge in [-0.1, -0.05) is 0 Å². The first-order valence-electron chi connectivity index (χ1n) is 7.16. The summed E-state index contributed by atoms with van der Waals surface area (Å²) in [5.74, 6) is -0.0692. The number of ether oxygens (including phenoxy) is 3. The van der Waals surface area contributed by atoms with Crippen molar-refractivity contribution in [2.24, 2.45) is 0 Å². The third-order valence-corrected chi connectivity index (χ3v) is 3.37. The topological polar surface area (TPSA) is 60.0 Å². The Balaban J connectivity index is 2.06. The first-order chi connectivity index (χ1) is 10.6. The van der Waals surface area contributed by atoms with Crippen LogP contribution in [-0.2, 0) is 9.53 Å². The summed E-state index contributed by atoms with van der Waals surface area (Å²) in [5.41, 5.74) is 0. The van der Waals surface area contributed by atoms with Gasteiger partial charge < -0.3 is 19.5 Å². The second-order valence-electron chi connectivity index (χ2n) is 4.95. The van der Waals surface area contributed by atoms with E-state index in [4.69, 9.17) is 14.2 Å². The smallest absolute Gasteiger partial charge is 0.217 e. The van der Waals surface area contributed by atoms with Crippen LogP contribution in [0, 0.1) is 5.82 Å². The Morgan fingerprint density at radius 2 is 2.18 bits per heavy atom. The van der Waals surface area contributed by atoms with E-state index in [9.17, 15) is 9.18 Å². The molecule has 1 aliphatic rings.